The van der Waals surface area contributed by atoms with E-state index in [4.69, 9.17) is 0 Å². The highest BCUT2D eigenvalue weighted by Crippen LogP contribution is 2.30. The predicted molar refractivity (Wildman–Crippen MR) is 47.3 cm³/mol. The summed E-state index contributed by atoms with van der Waals surface area (Å²) in [6, 6.07) is 0. The molecule has 0 amide bonds. The zero-order valence-corrected chi connectivity index (χ0v) is 8.12. The molecule has 0 aliphatic carbocycles. The molecule has 0 spiro atoms. The fourth-order valence-corrected chi connectivity index (χ4v) is 0.769. The number of hydrogen-bond acceptors (Lipinski definition) is 0. The lowest BCUT2D eigenvalue weighted by Crippen LogP contribution is -2.11. The Hall–Kier alpha value is -0.580. The largest absolute Gasteiger partial charge is 0.419 e. The summed E-state index contributed by atoms with van der Waals surface area (Å²) >= 11 is 2.89. The van der Waals surface area contributed by atoms with Crippen LogP contribution in [0.25, 0.3) is 0 Å². The van der Waals surface area contributed by atoms with Crippen molar-refractivity contribution in [3.05, 3.63) is 36.2 Å². The maximum atomic E-state index is 12.6. The summed E-state index contributed by atoms with van der Waals surface area (Å²) in [4.78, 5) is 0. The summed E-state index contributed by atoms with van der Waals surface area (Å²) in [7, 11) is 0. The van der Waals surface area contributed by atoms with E-state index in [2.05, 4.69) is 22.5 Å². The molecule has 0 bridgehead atoms. The van der Waals surface area contributed by atoms with Crippen LogP contribution >= 0.6 is 15.9 Å². The van der Waals surface area contributed by atoms with Crippen LogP contribution in [0.1, 0.15) is 0 Å². The summed E-state index contributed by atoms with van der Waals surface area (Å²) in [6.45, 7) is 2.92. The molecule has 0 atom stereocenters. The fraction of sp³-hybridized carbons (Fsp3) is 0.250. The third-order valence-electron chi connectivity index (χ3n) is 1.12. The summed E-state index contributed by atoms with van der Waals surface area (Å²) in [5.74, 6) is -1.37. The first kappa shape index (κ1) is 12.4. The van der Waals surface area contributed by atoms with Crippen LogP contribution in [0, 0.1) is 0 Å². The van der Waals surface area contributed by atoms with Gasteiger partial charge in [0.2, 0.25) is 0 Å². The zero-order valence-electron chi connectivity index (χ0n) is 6.54. The van der Waals surface area contributed by atoms with Crippen molar-refractivity contribution in [2.45, 2.75) is 6.18 Å². The number of allylic oxidation sites excluding steroid dienone is 5. The topological polar surface area (TPSA) is 0 Å². The van der Waals surface area contributed by atoms with E-state index < -0.39 is 17.6 Å². The van der Waals surface area contributed by atoms with Gasteiger partial charge in [-0.05, 0) is 6.08 Å². The van der Waals surface area contributed by atoms with Crippen molar-refractivity contribution < 1.29 is 17.6 Å². The Morgan fingerprint density at radius 1 is 1.38 bits per heavy atom. The lowest BCUT2D eigenvalue weighted by atomic mass is 10.2. The molecule has 0 heterocycles. The van der Waals surface area contributed by atoms with Gasteiger partial charge < -0.3 is 0 Å². The van der Waals surface area contributed by atoms with E-state index in [9.17, 15) is 17.6 Å². The smallest absolute Gasteiger partial charge is 0.206 e. The number of halogens is 5. The van der Waals surface area contributed by atoms with Gasteiger partial charge in [0.05, 0.1) is 5.57 Å². The Bertz CT molecular complexity index is 237. The zero-order chi connectivity index (χ0) is 10.5. The monoisotopic (exact) mass is 258 g/mol. The lowest BCUT2D eigenvalue weighted by molar-refractivity contribution is -0.0897. The average molecular weight is 259 g/mol. The molecule has 0 rings (SSSR count). The second kappa shape index (κ2) is 5.21. The molecule has 74 valence electrons. The Kier molecular flexibility index (Phi) is 4.98. The lowest BCUT2D eigenvalue weighted by Gasteiger charge is -2.07. The molecular formula is C8H7BrF4. The van der Waals surface area contributed by atoms with Crippen LogP contribution in [0.2, 0.25) is 0 Å². The Morgan fingerprint density at radius 3 is 2.23 bits per heavy atom. The van der Waals surface area contributed by atoms with Gasteiger partial charge in [-0.25, -0.2) is 4.39 Å². The Balaban J connectivity index is 4.99. The third kappa shape index (κ3) is 4.26. The molecule has 13 heavy (non-hydrogen) atoms. The van der Waals surface area contributed by atoms with Gasteiger partial charge in [0.1, 0.15) is 5.83 Å². The number of rotatable bonds is 3. The first-order valence-electron chi connectivity index (χ1n) is 3.25. The third-order valence-corrected chi connectivity index (χ3v) is 1.49. The molecule has 0 saturated heterocycles. The second-order valence-electron chi connectivity index (χ2n) is 2.02. The minimum Gasteiger partial charge on any atom is -0.206 e. The van der Waals surface area contributed by atoms with Crippen LogP contribution in [0.4, 0.5) is 17.6 Å². The predicted octanol–water partition coefficient (Wildman–Crippen LogP) is 3.91. The van der Waals surface area contributed by atoms with Crippen molar-refractivity contribution in [1.82, 2.24) is 0 Å². The molecule has 0 aliphatic rings. The van der Waals surface area contributed by atoms with Gasteiger partial charge in [-0.2, -0.15) is 13.2 Å². The minimum absolute atomic E-state index is 0.233. The highest BCUT2D eigenvalue weighted by atomic mass is 79.9. The van der Waals surface area contributed by atoms with E-state index in [1.165, 1.54) is 0 Å². The molecule has 0 aliphatic heterocycles. The SMILES string of the molecule is C=C/C(F)=C(\C=C/CBr)C(F)(F)F. The van der Waals surface area contributed by atoms with E-state index in [0.717, 1.165) is 6.08 Å². The second-order valence-corrected chi connectivity index (χ2v) is 2.67. The molecule has 0 aromatic carbocycles. The highest BCUT2D eigenvalue weighted by molar-refractivity contribution is 9.09. The van der Waals surface area contributed by atoms with Gasteiger partial charge in [0, 0.05) is 5.33 Å². The molecule has 0 N–H and O–H groups in total. The van der Waals surface area contributed by atoms with Crippen LogP contribution < -0.4 is 0 Å². The minimum atomic E-state index is -4.68. The van der Waals surface area contributed by atoms with Crippen LogP contribution in [-0.4, -0.2) is 11.5 Å². The highest BCUT2D eigenvalue weighted by Gasteiger charge is 2.34. The molecule has 0 unspecified atom stereocenters. The molecule has 0 fully saturated rings. The van der Waals surface area contributed by atoms with Crippen LogP contribution in [0.5, 0.6) is 0 Å². The number of alkyl halides is 4. The van der Waals surface area contributed by atoms with Crippen molar-refractivity contribution in [3.63, 3.8) is 0 Å². The van der Waals surface area contributed by atoms with Gasteiger partial charge in [0.15, 0.2) is 0 Å². The van der Waals surface area contributed by atoms with Crippen LogP contribution in [0.15, 0.2) is 36.2 Å². The van der Waals surface area contributed by atoms with Crippen molar-refractivity contribution in [3.8, 4) is 0 Å². The van der Waals surface area contributed by atoms with E-state index in [1.54, 1.807) is 0 Å². The van der Waals surface area contributed by atoms with E-state index in [-0.39, 0.29) is 5.33 Å². The van der Waals surface area contributed by atoms with Crippen molar-refractivity contribution in [2.24, 2.45) is 0 Å². The molecule has 0 radical (unpaired) electrons. The van der Waals surface area contributed by atoms with E-state index in [0.29, 0.717) is 12.2 Å². The van der Waals surface area contributed by atoms with Gasteiger partial charge in [-0.3, -0.25) is 0 Å². The normalized spacial score (nSPS) is 14.5. The molecular weight excluding hydrogens is 252 g/mol. The van der Waals surface area contributed by atoms with Gasteiger partial charge in [-0.1, -0.05) is 34.7 Å². The van der Waals surface area contributed by atoms with Crippen LogP contribution in [-0.2, 0) is 0 Å². The summed E-state index contributed by atoms with van der Waals surface area (Å²) in [6.07, 6.45) is -2.32. The molecule has 0 aromatic rings. The Labute approximate surface area is 81.8 Å². The van der Waals surface area contributed by atoms with Gasteiger partial charge in [0.25, 0.3) is 0 Å². The van der Waals surface area contributed by atoms with Gasteiger partial charge >= 0.3 is 6.18 Å². The number of hydrogen-bond donors (Lipinski definition) is 0. The standard InChI is InChI=1S/C8H7BrF4/c1-2-7(10)6(4-3-5-9)8(11,12)13/h2-4H,1,5H2/b4-3-,7-6-. The molecule has 0 nitrogen and oxygen atoms in total. The van der Waals surface area contributed by atoms with Crippen molar-refractivity contribution >= 4 is 15.9 Å². The van der Waals surface area contributed by atoms with E-state index >= 15 is 0 Å². The fourth-order valence-electron chi connectivity index (χ4n) is 0.582. The summed E-state index contributed by atoms with van der Waals surface area (Å²) in [5.41, 5.74) is -1.32. The quantitative estimate of drug-likeness (QED) is 0.409. The summed E-state index contributed by atoms with van der Waals surface area (Å²) < 4.78 is 48.8. The average Bonchev–Trinajstić information content (AvgIpc) is 2.02. The first-order chi connectivity index (χ1) is 5.93. The molecule has 0 aromatic heterocycles. The van der Waals surface area contributed by atoms with Crippen LogP contribution in [0.3, 0.4) is 0 Å². The van der Waals surface area contributed by atoms with E-state index in [1.807, 2.05) is 0 Å². The Morgan fingerprint density at radius 2 is 1.92 bits per heavy atom. The van der Waals surface area contributed by atoms with Crippen molar-refractivity contribution in [1.29, 1.82) is 0 Å². The summed E-state index contributed by atoms with van der Waals surface area (Å²) in [5, 5.41) is 0.233. The van der Waals surface area contributed by atoms with Gasteiger partial charge in [-0.15, -0.1) is 0 Å². The maximum absolute atomic E-state index is 12.6. The first-order valence-corrected chi connectivity index (χ1v) is 4.37. The maximum Gasteiger partial charge on any atom is 0.419 e. The van der Waals surface area contributed by atoms with Crippen molar-refractivity contribution in [2.75, 3.05) is 5.33 Å². The molecule has 0 saturated carbocycles. The molecule has 5 heteroatoms.